The maximum atomic E-state index is 12.4. The maximum absolute atomic E-state index is 12.4. The summed E-state index contributed by atoms with van der Waals surface area (Å²) < 4.78 is 70.8. The van der Waals surface area contributed by atoms with Crippen LogP contribution in [-0.4, -0.2) is 69.3 Å². The van der Waals surface area contributed by atoms with Gasteiger partial charge in [0.05, 0.1) is 16.3 Å². The fourth-order valence-corrected chi connectivity index (χ4v) is 6.72. The number of halogens is 1. The number of ether oxygens (including phenoxy) is 4. The van der Waals surface area contributed by atoms with E-state index in [2.05, 4.69) is 9.71 Å². The quantitative estimate of drug-likeness (QED) is 0.203. The lowest BCUT2D eigenvalue weighted by atomic mass is 9.94. The minimum absolute atomic E-state index is 0.0444. The number of aromatic nitrogens is 1. The van der Waals surface area contributed by atoms with Gasteiger partial charge in [-0.25, -0.2) is 16.8 Å². The van der Waals surface area contributed by atoms with E-state index in [1.807, 2.05) is 45.9 Å². The first-order valence-corrected chi connectivity index (χ1v) is 21.5. The lowest BCUT2D eigenvalue weighted by molar-refractivity contribution is -0.154. The molecular formula is C39H56ClN3O10S2. The summed E-state index contributed by atoms with van der Waals surface area (Å²) in [6, 6.07) is 15.2. The summed E-state index contributed by atoms with van der Waals surface area (Å²) in [4.78, 5) is 26.2. The number of pyridine rings is 1. The van der Waals surface area contributed by atoms with Crippen LogP contribution in [0.4, 0.5) is 0 Å². The molecule has 2 aliphatic heterocycles. The smallest absolute Gasteiger partial charge is 0.321 e. The summed E-state index contributed by atoms with van der Waals surface area (Å²) >= 11 is 0. The lowest BCUT2D eigenvalue weighted by Crippen LogP contribution is -2.35. The van der Waals surface area contributed by atoms with Gasteiger partial charge in [0.1, 0.15) is 40.4 Å². The number of nitrogens with zero attached hydrogens (tertiary/aromatic N) is 1. The zero-order valence-electron chi connectivity index (χ0n) is 33.4. The number of aryl methyl sites for hydroxylation is 2. The van der Waals surface area contributed by atoms with Crippen molar-refractivity contribution in [3.8, 4) is 11.5 Å². The molecule has 55 heavy (non-hydrogen) atoms. The number of nitrogens with two attached hydrogens (primary N) is 1. The van der Waals surface area contributed by atoms with E-state index >= 15 is 0 Å². The Kier molecular flexibility index (Phi) is 16.7. The fourth-order valence-electron chi connectivity index (χ4n) is 4.90. The Labute approximate surface area is 331 Å². The van der Waals surface area contributed by atoms with Crippen LogP contribution in [0, 0.1) is 0 Å². The van der Waals surface area contributed by atoms with E-state index in [1.165, 1.54) is 12.1 Å². The van der Waals surface area contributed by atoms with Crippen LogP contribution in [0.2, 0.25) is 0 Å². The minimum Gasteiger partial charge on any atom is -0.488 e. The fraction of sp³-hybridized carbons (Fsp3) is 0.513. The van der Waals surface area contributed by atoms with Crippen LogP contribution in [0.25, 0.3) is 0 Å². The van der Waals surface area contributed by atoms with Crippen LogP contribution in [-0.2, 0) is 51.0 Å². The standard InChI is InChI=1S/C17H25NO5S.C11H13ClO3S.C6H13NO2.C5H5N/c1-16(2,3)23-15(19)11-18-24(20,21)13-6-7-14-12(10-13)8-9-17(4,5)22-14;1-11(2)6-5-8-7-9(16(12,13)14)3-4-10(8)15-11;1-6(2,3)9-5(8)4-7;1-2-4-6-5-3-1/h6-7,10,18H,8-9,11H2,1-5H3;3-4,7H,5-6H2,1-2H3;4,7H2,1-3H3;1-5H. The van der Waals surface area contributed by atoms with Crippen molar-refractivity contribution >= 4 is 41.7 Å². The number of nitrogens with one attached hydrogen (secondary N) is 1. The number of carbonyl (C=O) groups is 2. The Hall–Kier alpha value is -3.76. The number of benzene rings is 2. The number of hydrogen-bond acceptors (Lipinski definition) is 12. The monoisotopic (exact) mass is 825 g/mol. The molecule has 2 aromatic carbocycles. The van der Waals surface area contributed by atoms with Gasteiger partial charge in [0.25, 0.3) is 9.05 Å². The van der Waals surface area contributed by atoms with E-state index < -0.39 is 42.8 Å². The molecule has 0 atom stereocenters. The molecule has 306 valence electrons. The topological polar surface area (TPSA) is 190 Å². The van der Waals surface area contributed by atoms with Crippen molar-refractivity contribution in [1.29, 1.82) is 0 Å². The molecule has 0 bridgehead atoms. The third-order valence-electron chi connectivity index (χ3n) is 7.40. The summed E-state index contributed by atoms with van der Waals surface area (Å²) in [5, 5.41) is 0. The third-order valence-corrected chi connectivity index (χ3v) is 10.2. The van der Waals surface area contributed by atoms with Crippen molar-refractivity contribution in [2.45, 2.75) is 127 Å². The molecular weight excluding hydrogens is 770 g/mol. The number of rotatable bonds is 6. The van der Waals surface area contributed by atoms with E-state index in [9.17, 15) is 26.4 Å². The molecule has 0 saturated carbocycles. The van der Waals surface area contributed by atoms with Crippen LogP contribution in [0.15, 0.2) is 76.8 Å². The van der Waals surface area contributed by atoms with Gasteiger partial charge in [-0.15, -0.1) is 0 Å². The first-order valence-electron chi connectivity index (χ1n) is 17.7. The molecule has 0 unspecified atom stereocenters. The first-order chi connectivity index (χ1) is 25.1. The molecule has 5 rings (SSSR count). The first kappa shape index (κ1) is 47.4. The van der Waals surface area contributed by atoms with Crippen LogP contribution >= 0.6 is 10.7 Å². The largest absolute Gasteiger partial charge is 0.488 e. The van der Waals surface area contributed by atoms with Crippen LogP contribution in [0.1, 0.15) is 93.2 Å². The van der Waals surface area contributed by atoms with E-state index in [-0.39, 0.29) is 33.5 Å². The van der Waals surface area contributed by atoms with Gasteiger partial charge in [0.2, 0.25) is 10.0 Å². The van der Waals surface area contributed by atoms with E-state index in [0.29, 0.717) is 5.75 Å². The summed E-state index contributed by atoms with van der Waals surface area (Å²) in [7, 11) is -2.14. The highest BCUT2D eigenvalue weighted by Crippen LogP contribution is 2.35. The second kappa shape index (κ2) is 19.4. The van der Waals surface area contributed by atoms with Crippen molar-refractivity contribution in [1.82, 2.24) is 9.71 Å². The van der Waals surface area contributed by atoms with Gasteiger partial charge < -0.3 is 24.7 Å². The Morgan fingerprint density at radius 1 is 0.764 bits per heavy atom. The minimum atomic E-state index is -3.78. The van der Waals surface area contributed by atoms with Crippen molar-refractivity contribution in [3.63, 3.8) is 0 Å². The molecule has 3 heterocycles. The molecule has 0 aliphatic carbocycles. The lowest BCUT2D eigenvalue weighted by Gasteiger charge is -2.32. The SMILES string of the molecule is CC(C)(C)OC(=O)CN.CC(C)(C)OC(=O)CNS(=O)(=O)c1ccc2c(c1)CCC(C)(C)O2.CC1(C)CCc2cc(S(=O)(=O)Cl)ccc2O1.c1ccncc1. The molecule has 1 aromatic heterocycles. The average molecular weight is 826 g/mol. The molecule has 0 spiro atoms. The molecule has 0 amide bonds. The zero-order valence-corrected chi connectivity index (χ0v) is 35.8. The summed E-state index contributed by atoms with van der Waals surface area (Å²) in [5.41, 5.74) is 5.27. The Bertz CT molecular complexity index is 1930. The molecule has 0 radical (unpaired) electrons. The molecule has 16 heteroatoms. The normalized spacial score (nSPS) is 15.5. The third kappa shape index (κ3) is 18.2. The van der Waals surface area contributed by atoms with Gasteiger partial charge in [-0.05, 0) is 155 Å². The van der Waals surface area contributed by atoms with E-state index in [0.717, 1.165) is 42.6 Å². The van der Waals surface area contributed by atoms with Crippen molar-refractivity contribution in [2.75, 3.05) is 13.1 Å². The van der Waals surface area contributed by atoms with Crippen LogP contribution in [0.3, 0.4) is 0 Å². The zero-order chi connectivity index (χ0) is 41.9. The molecule has 3 aromatic rings. The maximum Gasteiger partial charge on any atom is 0.321 e. The summed E-state index contributed by atoms with van der Waals surface area (Å²) in [5.74, 6) is 0.481. The predicted molar refractivity (Wildman–Crippen MR) is 212 cm³/mol. The Balaban J connectivity index is 0.000000287. The molecule has 13 nitrogen and oxygen atoms in total. The molecule has 3 N–H and O–H groups in total. The number of esters is 2. The number of sulfonamides is 1. The van der Waals surface area contributed by atoms with Gasteiger partial charge in [0, 0.05) is 23.1 Å². The highest BCUT2D eigenvalue weighted by molar-refractivity contribution is 8.13. The molecule has 2 aliphatic rings. The number of carbonyl (C=O) groups excluding carboxylic acids is 2. The van der Waals surface area contributed by atoms with Gasteiger partial charge >= 0.3 is 11.9 Å². The van der Waals surface area contributed by atoms with E-state index in [4.69, 9.17) is 35.4 Å². The van der Waals surface area contributed by atoms with Crippen molar-refractivity contribution in [3.05, 3.63) is 78.1 Å². The Morgan fingerprint density at radius 3 is 1.56 bits per heavy atom. The summed E-state index contributed by atoms with van der Waals surface area (Å²) in [6.07, 6.45) is 6.74. The van der Waals surface area contributed by atoms with Crippen molar-refractivity contribution in [2.24, 2.45) is 5.73 Å². The highest BCUT2D eigenvalue weighted by Gasteiger charge is 2.29. The molecule has 0 saturated heterocycles. The number of hydrogen-bond donors (Lipinski definition) is 2. The van der Waals surface area contributed by atoms with Gasteiger partial charge in [-0.1, -0.05) is 6.07 Å². The molecule has 0 fully saturated rings. The van der Waals surface area contributed by atoms with Gasteiger partial charge in [0.15, 0.2) is 0 Å². The second-order valence-electron chi connectivity index (χ2n) is 15.9. The van der Waals surface area contributed by atoms with Gasteiger partial charge in [-0.3, -0.25) is 14.6 Å². The van der Waals surface area contributed by atoms with Gasteiger partial charge in [-0.2, -0.15) is 4.72 Å². The second-order valence-corrected chi connectivity index (χ2v) is 20.3. The predicted octanol–water partition coefficient (Wildman–Crippen LogP) is 6.50. The summed E-state index contributed by atoms with van der Waals surface area (Å²) in [6.45, 7) is 18.2. The van der Waals surface area contributed by atoms with E-state index in [1.54, 1.807) is 78.2 Å². The Morgan fingerprint density at radius 2 is 1.20 bits per heavy atom. The average Bonchev–Trinajstić information content (AvgIpc) is 3.06. The highest BCUT2D eigenvalue weighted by atomic mass is 35.7. The van der Waals surface area contributed by atoms with Crippen LogP contribution in [0.5, 0.6) is 11.5 Å². The number of fused-ring (bicyclic) bond motifs is 2. The van der Waals surface area contributed by atoms with Crippen LogP contribution < -0.4 is 19.9 Å². The van der Waals surface area contributed by atoms with Crippen molar-refractivity contribution < 1.29 is 45.4 Å².